The summed E-state index contributed by atoms with van der Waals surface area (Å²) in [5, 5.41) is 10.4. The summed E-state index contributed by atoms with van der Waals surface area (Å²) < 4.78 is 9.25. The van der Waals surface area contributed by atoms with E-state index >= 15 is 0 Å². The molecule has 0 atom stereocenters. The normalized spacial score (nSPS) is 9.61. The number of benzene rings is 1. The first kappa shape index (κ1) is 13.6. The fourth-order valence-electron chi connectivity index (χ4n) is 1.12. The van der Waals surface area contributed by atoms with Gasteiger partial charge in [-0.1, -0.05) is 0 Å². The minimum absolute atomic E-state index is 0.0671. The first-order valence-electron chi connectivity index (χ1n) is 5.05. The number of methoxy groups -OCH3 is 1. The molecule has 0 aromatic heterocycles. The molecule has 0 aliphatic carbocycles. The number of nitro benzene ring substituents is 1. The Balaban J connectivity index is 2.49. The van der Waals surface area contributed by atoms with Gasteiger partial charge in [-0.15, -0.1) is 0 Å². The van der Waals surface area contributed by atoms with Gasteiger partial charge in [0.15, 0.2) is 0 Å². The summed E-state index contributed by atoms with van der Waals surface area (Å²) >= 11 is 0. The van der Waals surface area contributed by atoms with Crippen molar-refractivity contribution in [3.8, 4) is 5.75 Å². The van der Waals surface area contributed by atoms with E-state index in [-0.39, 0.29) is 24.3 Å². The highest BCUT2D eigenvalue weighted by atomic mass is 16.6. The van der Waals surface area contributed by atoms with E-state index < -0.39 is 16.9 Å². The van der Waals surface area contributed by atoms with Gasteiger partial charge < -0.3 is 9.47 Å². The topological polar surface area (TPSA) is 95.7 Å². The lowest BCUT2D eigenvalue weighted by atomic mass is 10.3. The molecule has 0 N–H and O–H groups in total. The number of hydrogen-bond acceptors (Lipinski definition) is 6. The highest BCUT2D eigenvalue weighted by molar-refractivity contribution is 5.78. The Kier molecular flexibility index (Phi) is 4.79. The van der Waals surface area contributed by atoms with Gasteiger partial charge in [0, 0.05) is 12.1 Å². The molecular formula is C11H11NO6. The van der Waals surface area contributed by atoms with Crippen molar-refractivity contribution in [2.45, 2.75) is 12.8 Å². The van der Waals surface area contributed by atoms with Crippen LogP contribution in [0.15, 0.2) is 24.3 Å². The van der Waals surface area contributed by atoms with Crippen molar-refractivity contribution < 1.29 is 24.0 Å². The van der Waals surface area contributed by atoms with Gasteiger partial charge in [-0.3, -0.25) is 19.7 Å². The quantitative estimate of drug-likeness (QED) is 0.341. The Hall–Kier alpha value is -2.44. The van der Waals surface area contributed by atoms with E-state index in [2.05, 4.69) is 4.74 Å². The predicted molar refractivity (Wildman–Crippen MR) is 60.0 cm³/mol. The van der Waals surface area contributed by atoms with E-state index in [1.807, 2.05) is 0 Å². The van der Waals surface area contributed by atoms with Crippen LogP contribution in [0.25, 0.3) is 0 Å². The van der Waals surface area contributed by atoms with Gasteiger partial charge in [-0.05, 0) is 12.1 Å². The number of carbonyl (C=O) groups excluding carboxylic acids is 2. The van der Waals surface area contributed by atoms with Crippen LogP contribution >= 0.6 is 0 Å². The third-order valence-corrected chi connectivity index (χ3v) is 2.04. The number of ether oxygens (including phenoxy) is 2. The van der Waals surface area contributed by atoms with Crippen LogP contribution in [-0.2, 0) is 14.3 Å². The molecule has 0 amide bonds. The minimum atomic E-state index is -0.603. The van der Waals surface area contributed by atoms with Crippen molar-refractivity contribution in [3.63, 3.8) is 0 Å². The summed E-state index contributed by atoms with van der Waals surface area (Å²) in [6.45, 7) is 0. The standard InChI is InChI=1S/C11H11NO6/c1-17-10(13)6-7-11(14)18-9-4-2-8(3-5-9)12(15)16/h2-5H,6-7H2,1H3. The summed E-state index contributed by atoms with van der Waals surface area (Å²) in [6.07, 6.45) is -0.175. The smallest absolute Gasteiger partial charge is 0.311 e. The molecule has 0 aliphatic rings. The number of carbonyl (C=O) groups is 2. The van der Waals surface area contributed by atoms with Gasteiger partial charge in [0.25, 0.3) is 5.69 Å². The molecule has 0 saturated heterocycles. The van der Waals surface area contributed by atoms with E-state index in [9.17, 15) is 19.7 Å². The van der Waals surface area contributed by atoms with Gasteiger partial charge in [0.1, 0.15) is 5.75 Å². The van der Waals surface area contributed by atoms with Crippen molar-refractivity contribution in [1.82, 2.24) is 0 Å². The molecule has 0 aliphatic heterocycles. The van der Waals surface area contributed by atoms with Crippen LogP contribution in [0.2, 0.25) is 0 Å². The molecule has 1 aromatic carbocycles. The van der Waals surface area contributed by atoms with E-state index in [1.165, 1.54) is 31.4 Å². The number of hydrogen-bond donors (Lipinski definition) is 0. The molecule has 18 heavy (non-hydrogen) atoms. The maximum Gasteiger partial charge on any atom is 0.311 e. The second kappa shape index (κ2) is 6.33. The number of non-ortho nitro benzene ring substituents is 1. The van der Waals surface area contributed by atoms with Crippen LogP contribution in [0.1, 0.15) is 12.8 Å². The second-order valence-corrected chi connectivity index (χ2v) is 3.30. The number of nitro groups is 1. The summed E-state index contributed by atoms with van der Waals surface area (Å²) in [6, 6.07) is 5.08. The highest BCUT2D eigenvalue weighted by Crippen LogP contribution is 2.17. The van der Waals surface area contributed by atoms with E-state index in [0.717, 1.165) is 0 Å². The van der Waals surface area contributed by atoms with Crippen LogP contribution in [0.3, 0.4) is 0 Å². The average Bonchev–Trinajstić information content (AvgIpc) is 2.36. The van der Waals surface area contributed by atoms with Crippen molar-refractivity contribution in [2.75, 3.05) is 7.11 Å². The first-order chi connectivity index (χ1) is 8.52. The third-order valence-electron chi connectivity index (χ3n) is 2.04. The van der Waals surface area contributed by atoms with Crippen LogP contribution < -0.4 is 4.74 Å². The fourth-order valence-corrected chi connectivity index (χ4v) is 1.12. The maximum atomic E-state index is 11.3. The molecule has 1 rings (SSSR count). The van der Waals surface area contributed by atoms with Gasteiger partial charge in [0.2, 0.25) is 0 Å². The molecular weight excluding hydrogens is 242 g/mol. The van der Waals surface area contributed by atoms with Gasteiger partial charge in [0.05, 0.1) is 24.9 Å². The SMILES string of the molecule is COC(=O)CCC(=O)Oc1ccc([N+](=O)[O-])cc1. The third kappa shape index (κ3) is 4.20. The Morgan fingerprint density at radius 1 is 1.17 bits per heavy atom. The minimum Gasteiger partial charge on any atom is -0.469 e. The van der Waals surface area contributed by atoms with Crippen LogP contribution in [-0.4, -0.2) is 24.0 Å². The lowest BCUT2D eigenvalue weighted by Gasteiger charge is -2.03. The zero-order valence-corrected chi connectivity index (χ0v) is 9.62. The Morgan fingerprint density at radius 2 is 1.72 bits per heavy atom. The van der Waals surface area contributed by atoms with Crippen molar-refractivity contribution in [3.05, 3.63) is 34.4 Å². The fraction of sp³-hybridized carbons (Fsp3) is 0.273. The molecule has 0 spiro atoms. The van der Waals surface area contributed by atoms with Gasteiger partial charge in [-0.2, -0.15) is 0 Å². The maximum absolute atomic E-state index is 11.3. The molecule has 0 fully saturated rings. The molecule has 0 saturated carbocycles. The average molecular weight is 253 g/mol. The molecule has 7 nitrogen and oxygen atoms in total. The van der Waals surface area contributed by atoms with Crippen LogP contribution in [0.4, 0.5) is 5.69 Å². The zero-order chi connectivity index (χ0) is 13.5. The first-order valence-corrected chi connectivity index (χ1v) is 5.05. The summed E-state index contributed by atoms with van der Waals surface area (Å²) in [5.41, 5.74) is -0.0932. The van der Waals surface area contributed by atoms with Gasteiger partial charge in [-0.25, -0.2) is 0 Å². The summed E-state index contributed by atoms with van der Waals surface area (Å²) in [7, 11) is 1.23. The second-order valence-electron chi connectivity index (χ2n) is 3.30. The lowest BCUT2D eigenvalue weighted by molar-refractivity contribution is -0.384. The largest absolute Gasteiger partial charge is 0.469 e. The summed E-state index contributed by atoms with van der Waals surface area (Å²) in [4.78, 5) is 31.9. The number of esters is 2. The van der Waals surface area contributed by atoms with Crippen molar-refractivity contribution in [2.24, 2.45) is 0 Å². The van der Waals surface area contributed by atoms with E-state index in [4.69, 9.17) is 4.74 Å². The van der Waals surface area contributed by atoms with E-state index in [0.29, 0.717) is 0 Å². The predicted octanol–water partition coefficient (Wildman–Crippen LogP) is 1.45. The Morgan fingerprint density at radius 3 is 2.22 bits per heavy atom. The Labute approximate surface area is 102 Å². The van der Waals surface area contributed by atoms with Crippen molar-refractivity contribution in [1.29, 1.82) is 0 Å². The molecule has 0 bridgehead atoms. The molecule has 0 radical (unpaired) electrons. The lowest BCUT2D eigenvalue weighted by Crippen LogP contribution is -2.11. The summed E-state index contributed by atoms with van der Waals surface area (Å²) in [5.74, 6) is -0.916. The molecule has 1 aromatic rings. The molecule has 0 heterocycles. The molecule has 96 valence electrons. The van der Waals surface area contributed by atoms with Crippen molar-refractivity contribution >= 4 is 17.6 Å². The van der Waals surface area contributed by atoms with Crippen LogP contribution in [0.5, 0.6) is 5.75 Å². The van der Waals surface area contributed by atoms with E-state index in [1.54, 1.807) is 0 Å². The van der Waals surface area contributed by atoms with Crippen LogP contribution in [0, 0.1) is 10.1 Å². The monoisotopic (exact) mass is 253 g/mol. The molecule has 0 unspecified atom stereocenters. The van der Waals surface area contributed by atoms with Gasteiger partial charge >= 0.3 is 11.9 Å². The Bertz CT molecular complexity index is 453. The number of rotatable bonds is 5. The highest BCUT2D eigenvalue weighted by Gasteiger charge is 2.10. The zero-order valence-electron chi connectivity index (χ0n) is 9.62. The number of nitrogens with zero attached hydrogens (tertiary/aromatic N) is 1. The molecule has 7 heteroatoms.